The van der Waals surface area contributed by atoms with Crippen LogP contribution in [0.5, 0.6) is 0 Å². The molecule has 0 aliphatic carbocycles. The van der Waals surface area contributed by atoms with E-state index < -0.39 is 12.3 Å². The number of methoxy groups -OCH3 is 2. The van der Waals surface area contributed by atoms with Gasteiger partial charge < -0.3 is 20.1 Å². The van der Waals surface area contributed by atoms with Crippen LogP contribution in [0.15, 0.2) is 12.1 Å². The van der Waals surface area contributed by atoms with Crippen LogP contribution in [-0.4, -0.2) is 38.1 Å². The van der Waals surface area contributed by atoms with Crippen molar-refractivity contribution in [1.82, 2.24) is 10.3 Å². The molecule has 2 amide bonds. The van der Waals surface area contributed by atoms with E-state index >= 15 is 0 Å². The molecule has 1 aromatic heterocycles. The van der Waals surface area contributed by atoms with Gasteiger partial charge in [0.2, 0.25) is 0 Å². The second-order valence-corrected chi connectivity index (χ2v) is 4.01. The molecule has 0 atom stereocenters. The maximum absolute atomic E-state index is 11.5. The van der Waals surface area contributed by atoms with Gasteiger partial charge in [-0.1, -0.05) is 23.2 Å². The van der Waals surface area contributed by atoms with Crippen LogP contribution in [0.25, 0.3) is 0 Å². The molecule has 0 radical (unpaired) electrons. The third-order valence-electron chi connectivity index (χ3n) is 1.98. The third-order valence-corrected chi connectivity index (χ3v) is 2.36. The molecule has 100 valence electrons. The smallest absolute Gasteiger partial charge is 0.319 e. The summed E-state index contributed by atoms with van der Waals surface area (Å²) in [6, 6.07) is 2.54. The molecule has 1 aromatic rings. The normalized spacial score (nSPS) is 10.5. The van der Waals surface area contributed by atoms with Gasteiger partial charge in [0.25, 0.3) is 0 Å². The first-order chi connectivity index (χ1) is 8.55. The summed E-state index contributed by atoms with van der Waals surface area (Å²) in [4.78, 5) is 15.3. The molecular formula is C10H13Cl2N3O3. The van der Waals surface area contributed by atoms with Crippen molar-refractivity contribution in [1.29, 1.82) is 0 Å². The number of ether oxygens (including phenoxy) is 2. The number of urea groups is 1. The quantitative estimate of drug-likeness (QED) is 0.644. The van der Waals surface area contributed by atoms with Gasteiger partial charge in [-0.15, -0.1) is 0 Å². The zero-order valence-electron chi connectivity index (χ0n) is 9.87. The van der Waals surface area contributed by atoms with Crippen molar-refractivity contribution >= 4 is 34.9 Å². The number of pyridine rings is 1. The van der Waals surface area contributed by atoms with E-state index in [9.17, 15) is 4.79 Å². The average Bonchev–Trinajstić information content (AvgIpc) is 2.28. The minimum atomic E-state index is -0.500. The number of nitrogens with one attached hydrogen (secondary N) is 2. The molecule has 0 fully saturated rings. The largest absolute Gasteiger partial charge is 0.354 e. The van der Waals surface area contributed by atoms with Gasteiger partial charge in [0, 0.05) is 19.9 Å². The minimum Gasteiger partial charge on any atom is -0.354 e. The highest BCUT2D eigenvalue weighted by atomic mass is 35.5. The molecule has 18 heavy (non-hydrogen) atoms. The lowest BCUT2D eigenvalue weighted by atomic mass is 10.4. The fourth-order valence-electron chi connectivity index (χ4n) is 1.15. The Bertz CT molecular complexity index is 393. The molecule has 6 nitrogen and oxygen atoms in total. The topological polar surface area (TPSA) is 72.5 Å². The second kappa shape index (κ2) is 7.38. The fourth-order valence-corrected chi connectivity index (χ4v) is 1.61. The zero-order chi connectivity index (χ0) is 13.5. The number of aromatic nitrogens is 1. The minimum absolute atomic E-state index is 0.199. The van der Waals surface area contributed by atoms with Crippen LogP contribution in [0.3, 0.4) is 0 Å². The molecule has 0 aliphatic rings. The predicted molar refractivity (Wildman–Crippen MR) is 69.1 cm³/mol. The lowest BCUT2D eigenvalue weighted by molar-refractivity contribution is -0.0970. The number of carbonyl (C=O) groups is 1. The van der Waals surface area contributed by atoms with Crippen molar-refractivity contribution in [2.45, 2.75) is 6.29 Å². The summed E-state index contributed by atoms with van der Waals surface area (Å²) in [5, 5.41) is 5.52. The molecule has 0 saturated heterocycles. The molecule has 0 aromatic carbocycles. The number of halogens is 2. The van der Waals surface area contributed by atoms with Gasteiger partial charge in [-0.3, -0.25) is 0 Å². The number of anilines is 1. The molecule has 0 bridgehead atoms. The lowest BCUT2D eigenvalue weighted by Gasteiger charge is -2.14. The van der Waals surface area contributed by atoms with Crippen LogP contribution in [0.1, 0.15) is 0 Å². The summed E-state index contributed by atoms with van der Waals surface area (Å²) in [5.41, 5.74) is 0.448. The van der Waals surface area contributed by atoms with E-state index in [1.165, 1.54) is 26.4 Å². The Kier molecular flexibility index (Phi) is 6.14. The third kappa shape index (κ3) is 5.05. The van der Waals surface area contributed by atoms with E-state index in [0.717, 1.165) is 0 Å². The van der Waals surface area contributed by atoms with Crippen LogP contribution >= 0.6 is 23.2 Å². The highest BCUT2D eigenvalue weighted by Crippen LogP contribution is 2.18. The molecule has 0 spiro atoms. The Hall–Kier alpha value is -1.08. The number of hydrogen-bond acceptors (Lipinski definition) is 4. The summed E-state index contributed by atoms with van der Waals surface area (Å²) >= 11 is 11.4. The van der Waals surface area contributed by atoms with Gasteiger partial charge in [0.15, 0.2) is 6.29 Å². The molecule has 0 unspecified atom stereocenters. The summed E-state index contributed by atoms with van der Waals surface area (Å²) in [6.45, 7) is 0.214. The van der Waals surface area contributed by atoms with Gasteiger partial charge in [0.1, 0.15) is 10.3 Å². The first-order valence-electron chi connectivity index (χ1n) is 4.98. The van der Waals surface area contributed by atoms with E-state index in [4.69, 9.17) is 32.7 Å². The zero-order valence-corrected chi connectivity index (χ0v) is 11.4. The first kappa shape index (κ1) is 15.0. The number of carbonyl (C=O) groups excluding carboxylic acids is 1. The lowest BCUT2D eigenvalue weighted by Crippen LogP contribution is -2.36. The molecule has 1 rings (SSSR count). The van der Waals surface area contributed by atoms with Crippen LogP contribution in [0.2, 0.25) is 10.3 Å². The Morgan fingerprint density at radius 1 is 1.33 bits per heavy atom. The van der Waals surface area contributed by atoms with E-state index in [1.807, 2.05) is 0 Å². The number of hydrogen-bond donors (Lipinski definition) is 2. The summed E-state index contributed by atoms with van der Waals surface area (Å²) in [5.74, 6) is 0. The molecule has 1 heterocycles. The Balaban J connectivity index is 2.49. The van der Waals surface area contributed by atoms with Crippen molar-refractivity contribution in [3.05, 3.63) is 22.4 Å². The van der Waals surface area contributed by atoms with Crippen molar-refractivity contribution in [2.24, 2.45) is 0 Å². The Morgan fingerprint density at radius 3 is 2.39 bits per heavy atom. The van der Waals surface area contributed by atoms with Crippen LogP contribution in [0, 0.1) is 0 Å². The number of nitrogens with zero attached hydrogens (tertiary/aromatic N) is 1. The molecule has 0 saturated carbocycles. The second-order valence-electron chi connectivity index (χ2n) is 3.24. The Morgan fingerprint density at radius 2 is 1.89 bits per heavy atom. The standard InChI is InChI=1S/C10H13Cl2N3O3/c1-17-9(18-2)5-13-10(16)14-6-3-7(11)15-8(12)4-6/h3-4,9H,5H2,1-2H3,(H2,13,14,15,16). The van der Waals surface area contributed by atoms with Crippen LogP contribution in [-0.2, 0) is 9.47 Å². The molecule has 2 N–H and O–H groups in total. The van der Waals surface area contributed by atoms with Crippen LogP contribution < -0.4 is 10.6 Å². The SMILES string of the molecule is COC(CNC(=O)Nc1cc(Cl)nc(Cl)c1)OC. The Labute approximate surface area is 115 Å². The van der Waals surface area contributed by atoms with E-state index in [1.54, 1.807) is 0 Å². The summed E-state index contributed by atoms with van der Waals surface area (Å²) in [7, 11) is 2.96. The van der Waals surface area contributed by atoms with E-state index in [0.29, 0.717) is 5.69 Å². The monoisotopic (exact) mass is 293 g/mol. The van der Waals surface area contributed by atoms with Gasteiger partial charge in [-0.05, 0) is 12.1 Å². The number of amides is 2. The van der Waals surface area contributed by atoms with Gasteiger partial charge in [-0.2, -0.15) is 0 Å². The number of rotatable bonds is 5. The van der Waals surface area contributed by atoms with Gasteiger partial charge in [0.05, 0.1) is 6.54 Å². The highest BCUT2D eigenvalue weighted by Gasteiger charge is 2.08. The van der Waals surface area contributed by atoms with E-state index in [-0.39, 0.29) is 16.9 Å². The van der Waals surface area contributed by atoms with Crippen molar-refractivity contribution in [3.63, 3.8) is 0 Å². The predicted octanol–water partition coefficient (Wildman–Crippen LogP) is 2.13. The molecule has 0 aliphatic heterocycles. The van der Waals surface area contributed by atoms with Crippen molar-refractivity contribution in [3.8, 4) is 0 Å². The molecule has 8 heteroatoms. The fraction of sp³-hybridized carbons (Fsp3) is 0.400. The maximum atomic E-state index is 11.5. The maximum Gasteiger partial charge on any atom is 0.319 e. The van der Waals surface area contributed by atoms with Crippen molar-refractivity contribution < 1.29 is 14.3 Å². The summed E-state index contributed by atoms with van der Waals surface area (Å²) < 4.78 is 9.84. The van der Waals surface area contributed by atoms with Gasteiger partial charge >= 0.3 is 6.03 Å². The van der Waals surface area contributed by atoms with Crippen molar-refractivity contribution in [2.75, 3.05) is 26.1 Å². The molecular weight excluding hydrogens is 281 g/mol. The summed E-state index contributed by atoms with van der Waals surface area (Å²) in [6.07, 6.45) is -0.500. The van der Waals surface area contributed by atoms with E-state index in [2.05, 4.69) is 15.6 Å². The average molecular weight is 294 g/mol. The highest BCUT2D eigenvalue weighted by molar-refractivity contribution is 6.32. The van der Waals surface area contributed by atoms with Gasteiger partial charge in [-0.25, -0.2) is 9.78 Å². The first-order valence-corrected chi connectivity index (χ1v) is 5.74. The van der Waals surface area contributed by atoms with Crippen LogP contribution in [0.4, 0.5) is 10.5 Å².